The average molecular weight is 269 g/mol. The summed E-state index contributed by atoms with van der Waals surface area (Å²) in [5.74, 6) is 1.42. The first kappa shape index (κ1) is 16.2. The first-order valence-corrected chi connectivity index (χ1v) is 5.82. The summed E-state index contributed by atoms with van der Waals surface area (Å²) >= 11 is 4.09. The van der Waals surface area contributed by atoms with Crippen molar-refractivity contribution in [2.75, 3.05) is 13.7 Å². The monoisotopic (exact) mass is 269 g/mol. The van der Waals surface area contributed by atoms with Gasteiger partial charge in [0.1, 0.15) is 0 Å². The highest BCUT2D eigenvalue weighted by Crippen LogP contribution is 2.27. The second-order valence-corrected chi connectivity index (χ2v) is 3.78. The number of hydrogen-bond acceptors (Lipinski definition) is 4. The van der Waals surface area contributed by atoms with E-state index in [4.69, 9.17) is 14.9 Å². The summed E-state index contributed by atoms with van der Waals surface area (Å²) in [6.45, 7) is 2.73. The van der Waals surface area contributed by atoms with E-state index >= 15 is 0 Å². The zero-order chi connectivity index (χ0) is 14.0. The smallest absolute Gasteiger partial charge is 0.161 e. The van der Waals surface area contributed by atoms with Crippen molar-refractivity contribution in [3.8, 4) is 11.5 Å². The molecule has 0 radical (unpaired) electrons. The Labute approximate surface area is 113 Å². The van der Waals surface area contributed by atoms with E-state index in [1.165, 1.54) is 6.21 Å². The molecular weight excluding hydrogens is 250 g/mol. The Kier molecular flexibility index (Phi) is 8.30. The summed E-state index contributed by atoms with van der Waals surface area (Å²) in [4.78, 5) is 0. The molecule has 0 saturated heterocycles. The summed E-state index contributed by atoms with van der Waals surface area (Å²) in [6, 6.07) is 5.45. The van der Waals surface area contributed by atoms with Gasteiger partial charge in [-0.1, -0.05) is 6.92 Å². The lowest BCUT2D eigenvalue weighted by Gasteiger charge is -2.09. The normalized spacial score (nSPS) is 8.78. The van der Waals surface area contributed by atoms with Crippen molar-refractivity contribution in [1.82, 2.24) is 0 Å². The van der Waals surface area contributed by atoms with Crippen LogP contribution in [0, 0.1) is 5.41 Å². The van der Waals surface area contributed by atoms with Crippen molar-refractivity contribution < 1.29 is 9.47 Å². The first-order valence-electron chi connectivity index (χ1n) is 5.41. The molecule has 1 aromatic carbocycles. The Morgan fingerprint density at radius 3 is 2.44 bits per heavy atom. The van der Waals surface area contributed by atoms with Crippen LogP contribution in [0.2, 0.25) is 0 Å². The molecule has 0 spiro atoms. The molecule has 0 aliphatic rings. The molecule has 0 bridgehead atoms. The number of thiocarbonyl (C=S) groups is 1. The third-order valence-electron chi connectivity index (χ3n) is 1.82. The van der Waals surface area contributed by atoms with Crippen LogP contribution in [0.25, 0.3) is 0 Å². The molecule has 5 nitrogen and oxygen atoms in total. The highest BCUT2D eigenvalue weighted by molar-refractivity contribution is 7.80. The third-order valence-corrected chi connectivity index (χ3v) is 1.82. The number of nitrogens with two attached hydrogens (primary N) is 2. The van der Waals surface area contributed by atoms with Crippen LogP contribution in [0.5, 0.6) is 11.5 Å². The zero-order valence-corrected chi connectivity index (χ0v) is 11.4. The zero-order valence-electron chi connectivity index (χ0n) is 10.6. The summed E-state index contributed by atoms with van der Waals surface area (Å²) in [6.07, 6.45) is 2.25. The van der Waals surface area contributed by atoms with Gasteiger partial charge in [0.2, 0.25) is 0 Å². The lowest BCUT2D eigenvalue weighted by molar-refractivity contribution is 0.294. The Balaban J connectivity index is 0.000000631. The van der Waals surface area contributed by atoms with Gasteiger partial charge in [-0.05, 0) is 42.4 Å². The van der Waals surface area contributed by atoms with Gasteiger partial charge in [-0.2, -0.15) is 0 Å². The van der Waals surface area contributed by atoms with Gasteiger partial charge in [-0.25, -0.2) is 0 Å². The summed E-state index contributed by atoms with van der Waals surface area (Å²) < 4.78 is 10.6. The molecule has 0 heterocycles. The van der Waals surface area contributed by atoms with Crippen LogP contribution in [-0.2, 0) is 0 Å². The number of nitrogens with one attached hydrogen (secondary N) is 1. The van der Waals surface area contributed by atoms with Crippen molar-refractivity contribution in [3.05, 3.63) is 23.8 Å². The maximum Gasteiger partial charge on any atom is 0.161 e. The van der Waals surface area contributed by atoms with E-state index < -0.39 is 0 Å². The molecule has 0 aliphatic carbocycles. The Hall–Kier alpha value is -1.82. The number of methoxy groups -OCH3 is 1. The lowest BCUT2D eigenvalue weighted by atomic mass is 10.2. The molecule has 6 heteroatoms. The quantitative estimate of drug-likeness (QED) is 0.558. The molecule has 0 aliphatic heterocycles. The highest BCUT2D eigenvalue weighted by Gasteiger charge is 2.03. The molecule has 0 atom stereocenters. The molecule has 0 aromatic heterocycles. The SMILES string of the molecule is CCCOc1ccc(C=N)cc1OC.NC(N)=S. The molecule has 0 saturated carbocycles. The van der Waals surface area contributed by atoms with Crippen LogP contribution in [-0.4, -0.2) is 25.0 Å². The number of rotatable bonds is 5. The summed E-state index contributed by atoms with van der Waals surface area (Å²) in [5, 5.41) is 7.10. The van der Waals surface area contributed by atoms with E-state index in [0.717, 1.165) is 17.7 Å². The van der Waals surface area contributed by atoms with E-state index in [-0.39, 0.29) is 5.11 Å². The lowest BCUT2D eigenvalue weighted by Crippen LogP contribution is -2.18. The standard InChI is InChI=1S/C11H15NO2.CH4N2S/c1-3-6-14-10-5-4-9(8-12)7-11(10)13-2;2-1(3)4/h4-5,7-8,12H,3,6H2,1-2H3;(H4,2,3,4). The fourth-order valence-electron chi connectivity index (χ4n) is 1.11. The minimum atomic E-state index is 0.000000000000000222. The predicted octanol–water partition coefficient (Wildman–Crippen LogP) is 1.67. The Morgan fingerprint density at radius 2 is 2.00 bits per heavy atom. The maximum atomic E-state index is 7.10. The predicted molar refractivity (Wildman–Crippen MR) is 77.6 cm³/mol. The van der Waals surface area contributed by atoms with Crippen molar-refractivity contribution >= 4 is 23.5 Å². The minimum Gasteiger partial charge on any atom is -0.493 e. The molecule has 1 aromatic rings. The summed E-state index contributed by atoms with van der Waals surface area (Å²) in [5.41, 5.74) is 10.1. The van der Waals surface area contributed by atoms with E-state index in [9.17, 15) is 0 Å². The number of benzene rings is 1. The van der Waals surface area contributed by atoms with Gasteiger partial charge >= 0.3 is 0 Å². The van der Waals surface area contributed by atoms with Crippen LogP contribution in [0.1, 0.15) is 18.9 Å². The topological polar surface area (TPSA) is 94.3 Å². The van der Waals surface area contributed by atoms with Gasteiger partial charge in [0, 0.05) is 6.21 Å². The van der Waals surface area contributed by atoms with Crippen molar-refractivity contribution in [3.63, 3.8) is 0 Å². The van der Waals surface area contributed by atoms with Gasteiger partial charge in [0.25, 0.3) is 0 Å². The van der Waals surface area contributed by atoms with E-state index in [1.807, 2.05) is 12.1 Å². The Bertz CT molecular complexity index is 393. The number of hydrogen-bond donors (Lipinski definition) is 3. The van der Waals surface area contributed by atoms with E-state index in [1.54, 1.807) is 13.2 Å². The summed E-state index contributed by atoms with van der Waals surface area (Å²) in [7, 11) is 1.60. The Morgan fingerprint density at radius 1 is 1.39 bits per heavy atom. The maximum absolute atomic E-state index is 7.10. The molecular formula is C12H19N3O2S. The van der Waals surface area contributed by atoms with Crippen LogP contribution in [0.15, 0.2) is 18.2 Å². The largest absolute Gasteiger partial charge is 0.493 e. The van der Waals surface area contributed by atoms with E-state index in [0.29, 0.717) is 12.4 Å². The van der Waals surface area contributed by atoms with Gasteiger partial charge in [-0.15, -0.1) is 0 Å². The third kappa shape index (κ3) is 6.70. The van der Waals surface area contributed by atoms with Gasteiger partial charge in [-0.3, -0.25) is 0 Å². The van der Waals surface area contributed by atoms with Crippen molar-refractivity contribution in [1.29, 1.82) is 5.41 Å². The molecule has 1 rings (SSSR count). The number of ether oxygens (including phenoxy) is 2. The van der Waals surface area contributed by atoms with Crippen LogP contribution < -0.4 is 20.9 Å². The molecule has 100 valence electrons. The molecule has 5 N–H and O–H groups in total. The average Bonchev–Trinajstić information content (AvgIpc) is 2.35. The van der Waals surface area contributed by atoms with Crippen molar-refractivity contribution in [2.45, 2.75) is 13.3 Å². The molecule has 18 heavy (non-hydrogen) atoms. The second kappa shape index (κ2) is 9.23. The van der Waals surface area contributed by atoms with Crippen LogP contribution in [0.4, 0.5) is 0 Å². The second-order valence-electron chi connectivity index (χ2n) is 3.31. The van der Waals surface area contributed by atoms with Crippen LogP contribution in [0.3, 0.4) is 0 Å². The van der Waals surface area contributed by atoms with Crippen molar-refractivity contribution in [2.24, 2.45) is 11.5 Å². The molecule has 0 amide bonds. The van der Waals surface area contributed by atoms with Crippen LogP contribution >= 0.6 is 12.2 Å². The van der Waals surface area contributed by atoms with E-state index in [2.05, 4.69) is 30.6 Å². The van der Waals surface area contributed by atoms with Gasteiger partial charge < -0.3 is 26.4 Å². The highest BCUT2D eigenvalue weighted by atomic mass is 32.1. The first-order chi connectivity index (χ1) is 8.54. The molecule has 0 fully saturated rings. The molecule has 0 unspecified atom stereocenters. The minimum absolute atomic E-state index is 0.000000000000000222. The van der Waals surface area contributed by atoms with Gasteiger partial charge in [0.15, 0.2) is 16.6 Å². The van der Waals surface area contributed by atoms with Gasteiger partial charge in [0.05, 0.1) is 13.7 Å². The fourth-order valence-corrected chi connectivity index (χ4v) is 1.11. The fraction of sp³-hybridized carbons (Fsp3) is 0.333.